The minimum Gasteiger partial charge on any atom is -0.374 e. The van der Waals surface area contributed by atoms with Crippen LogP contribution < -0.4 is 5.32 Å². The van der Waals surface area contributed by atoms with Crippen LogP contribution in [0.3, 0.4) is 0 Å². The molecule has 1 aliphatic rings. The largest absolute Gasteiger partial charge is 0.374 e. The Balaban J connectivity index is 1.87. The lowest BCUT2D eigenvalue weighted by Crippen LogP contribution is -2.29. The highest BCUT2D eigenvalue weighted by molar-refractivity contribution is 5.24. The molecular formula is C13H22N2O2. The van der Waals surface area contributed by atoms with E-state index in [9.17, 15) is 0 Å². The molecule has 2 heterocycles. The summed E-state index contributed by atoms with van der Waals surface area (Å²) in [5, 5.41) is 7.49. The summed E-state index contributed by atoms with van der Waals surface area (Å²) in [6, 6.07) is 0.265. The van der Waals surface area contributed by atoms with Crippen molar-refractivity contribution in [2.24, 2.45) is 0 Å². The van der Waals surface area contributed by atoms with E-state index in [4.69, 9.17) is 9.26 Å². The maximum atomic E-state index is 5.79. The molecular weight excluding hydrogens is 216 g/mol. The van der Waals surface area contributed by atoms with Gasteiger partial charge in [0.25, 0.3) is 0 Å². The van der Waals surface area contributed by atoms with Gasteiger partial charge in [0, 0.05) is 18.2 Å². The van der Waals surface area contributed by atoms with Crippen LogP contribution in [0.15, 0.2) is 4.52 Å². The lowest BCUT2D eigenvalue weighted by Gasteiger charge is -2.17. The fourth-order valence-electron chi connectivity index (χ4n) is 2.55. The molecule has 0 radical (unpaired) electrons. The SMILES string of the molecule is Cc1noc(C)c1C(C)NCC1CCC(C)O1. The summed E-state index contributed by atoms with van der Waals surface area (Å²) < 4.78 is 11.0. The molecule has 0 spiro atoms. The molecule has 1 aliphatic heterocycles. The topological polar surface area (TPSA) is 47.3 Å². The van der Waals surface area contributed by atoms with Gasteiger partial charge in [0.1, 0.15) is 5.76 Å². The van der Waals surface area contributed by atoms with Gasteiger partial charge in [-0.05, 0) is 40.5 Å². The normalized spacial score (nSPS) is 26.4. The number of aromatic nitrogens is 1. The van der Waals surface area contributed by atoms with E-state index in [1.165, 1.54) is 12.0 Å². The zero-order valence-corrected chi connectivity index (χ0v) is 11.1. The van der Waals surface area contributed by atoms with Crippen LogP contribution >= 0.6 is 0 Å². The van der Waals surface area contributed by atoms with Crippen molar-refractivity contribution in [1.29, 1.82) is 0 Å². The number of aryl methyl sites for hydroxylation is 2. The van der Waals surface area contributed by atoms with Gasteiger partial charge in [0.15, 0.2) is 0 Å². The van der Waals surface area contributed by atoms with Gasteiger partial charge >= 0.3 is 0 Å². The lowest BCUT2D eigenvalue weighted by molar-refractivity contribution is 0.0546. The minimum atomic E-state index is 0.265. The van der Waals surface area contributed by atoms with Crippen molar-refractivity contribution in [3.63, 3.8) is 0 Å². The Labute approximate surface area is 103 Å². The van der Waals surface area contributed by atoms with Crippen molar-refractivity contribution in [3.05, 3.63) is 17.0 Å². The summed E-state index contributed by atoms with van der Waals surface area (Å²) >= 11 is 0. The smallest absolute Gasteiger partial charge is 0.138 e. The molecule has 1 fully saturated rings. The molecule has 4 heteroatoms. The van der Waals surface area contributed by atoms with Gasteiger partial charge in [0.2, 0.25) is 0 Å². The predicted molar refractivity (Wildman–Crippen MR) is 66.0 cm³/mol. The van der Waals surface area contributed by atoms with Gasteiger partial charge in [-0.25, -0.2) is 0 Å². The summed E-state index contributed by atoms with van der Waals surface area (Å²) in [6.45, 7) is 9.12. The second kappa shape index (κ2) is 5.19. The average molecular weight is 238 g/mol. The zero-order valence-electron chi connectivity index (χ0n) is 11.1. The van der Waals surface area contributed by atoms with E-state index >= 15 is 0 Å². The van der Waals surface area contributed by atoms with Gasteiger partial charge in [-0.2, -0.15) is 0 Å². The molecule has 1 aromatic rings. The second-order valence-electron chi connectivity index (χ2n) is 5.01. The highest BCUT2D eigenvalue weighted by atomic mass is 16.5. The minimum absolute atomic E-state index is 0.265. The van der Waals surface area contributed by atoms with Crippen molar-refractivity contribution >= 4 is 0 Å². The molecule has 4 nitrogen and oxygen atoms in total. The van der Waals surface area contributed by atoms with E-state index in [2.05, 4.69) is 24.3 Å². The summed E-state index contributed by atoms with van der Waals surface area (Å²) in [7, 11) is 0. The summed E-state index contributed by atoms with van der Waals surface area (Å²) in [4.78, 5) is 0. The number of ether oxygens (including phenoxy) is 1. The second-order valence-corrected chi connectivity index (χ2v) is 5.01. The Bertz CT molecular complexity index is 356. The number of rotatable bonds is 4. The molecule has 0 amide bonds. The molecule has 3 atom stereocenters. The molecule has 2 rings (SSSR count). The maximum Gasteiger partial charge on any atom is 0.138 e. The molecule has 96 valence electrons. The molecule has 0 aliphatic carbocycles. The number of nitrogens with one attached hydrogen (secondary N) is 1. The van der Waals surface area contributed by atoms with E-state index in [1.54, 1.807) is 0 Å². The number of hydrogen-bond acceptors (Lipinski definition) is 4. The molecule has 17 heavy (non-hydrogen) atoms. The van der Waals surface area contributed by atoms with Gasteiger partial charge in [-0.15, -0.1) is 0 Å². The van der Waals surface area contributed by atoms with Crippen LogP contribution in [0.5, 0.6) is 0 Å². The van der Waals surface area contributed by atoms with Crippen molar-refractivity contribution < 1.29 is 9.26 Å². The fraction of sp³-hybridized carbons (Fsp3) is 0.769. The van der Waals surface area contributed by atoms with Gasteiger partial charge in [0.05, 0.1) is 17.9 Å². The Kier molecular flexibility index (Phi) is 3.84. The maximum absolute atomic E-state index is 5.79. The van der Waals surface area contributed by atoms with Crippen molar-refractivity contribution in [3.8, 4) is 0 Å². The van der Waals surface area contributed by atoms with Crippen LogP contribution in [0.1, 0.15) is 49.7 Å². The average Bonchev–Trinajstić information content (AvgIpc) is 2.83. The van der Waals surface area contributed by atoms with E-state index in [0.29, 0.717) is 12.2 Å². The predicted octanol–water partition coefficient (Wildman–Crippen LogP) is 2.51. The first-order valence-electron chi connectivity index (χ1n) is 6.39. The molecule has 0 aromatic carbocycles. The van der Waals surface area contributed by atoms with Crippen LogP contribution in [0.4, 0.5) is 0 Å². The van der Waals surface area contributed by atoms with E-state index in [0.717, 1.165) is 24.4 Å². The van der Waals surface area contributed by atoms with Crippen LogP contribution in [0, 0.1) is 13.8 Å². The summed E-state index contributed by atoms with van der Waals surface area (Å²) in [5.41, 5.74) is 2.15. The van der Waals surface area contributed by atoms with Crippen LogP contribution in [0.2, 0.25) is 0 Å². The van der Waals surface area contributed by atoms with E-state index in [-0.39, 0.29) is 6.04 Å². The molecule has 0 saturated carbocycles. The highest BCUT2D eigenvalue weighted by Crippen LogP contribution is 2.22. The first-order valence-corrected chi connectivity index (χ1v) is 6.39. The summed E-state index contributed by atoms with van der Waals surface area (Å²) in [6.07, 6.45) is 3.10. The number of hydrogen-bond donors (Lipinski definition) is 1. The molecule has 1 N–H and O–H groups in total. The van der Waals surface area contributed by atoms with Crippen LogP contribution in [-0.2, 0) is 4.74 Å². The van der Waals surface area contributed by atoms with E-state index in [1.807, 2.05) is 13.8 Å². The fourth-order valence-corrected chi connectivity index (χ4v) is 2.55. The van der Waals surface area contributed by atoms with Gasteiger partial charge < -0.3 is 14.6 Å². The highest BCUT2D eigenvalue weighted by Gasteiger charge is 2.23. The zero-order chi connectivity index (χ0) is 12.4. The third-order valence-corrected chi connectivity index (χ3v) is 3.49. The first-order chi connectivity index (χ1) is 8.08. The van der Waals surface area contributed by atoms with Gasteiger partial charge in [-0.3, -0.25) is 0 Å². The van der Waals surface area contributed by atoms with Gasteiger partial charge in [-0.1, -0.05) is 5.16 Å². The van der Waals surface area contributed by atoms with Crippen molar-refractivity contribution in [2.75, 3.05) is 6.54 Å². The lowest BCUT2D eigenvalue weighted by atomic mass is 10.1. The number of nitrogens with zero attached hydrogens (tertiary/aromatic N) is 1. The Morgan fingerprint density at radius 2 is 2.18 bits per heavy atom. The standard InChI is InChI=1S/C13H22N2O2/c1-8-5-6-12(16-8)7-14-9(2)13-10(3)15-17-11(13)4/h8-9,12,14H,5-7H2,1-4H3. The van der Waals surface area contributed by atoms with Crippen molar-refractivity contribution in [1.82, 2.24) is 10.5 Å². The third-order valence-electron chi connectivity index (χ3n) is 3.49. The van der Waals surface area contributed by atoms with E-state index < -0.39 is 0 Å². The summed E-state index contributed by atoms with van der Waals surface area (Å²) in [5.74, 6) is 0.906. The van der Waals surface area contributed by atoms with Crippen LogP contribution in [0.25, 0.3) is 0 Å². The Morgan fingerprint density at radius 3 is 2.71 bits per heavy atom. The molecule has 3 unspecified atom stereocenters. The third kappa shape index (κ3) is 2.87. The van der Waals surface area contributed by atoms with Crippen molar-refractivity contribution in [2.45, 2.75) is 58.8 Å². The first kappa shape index (κ1) is 12.6. The quantitative estimate of drug-likeness (QED) is 0.875. The Hall–Kier alpha value is -0.870. The Morgan fingerprint density at radius 1 is 1.41 bits per heavy atom. The molecule has 1 aromatic heterocycles. The molecule has 0 bridgehead atoms. The molecule has 1 saturated heterocycles. The monoisotopic (exact) mass is 238 g/mol. The van der Waals surface area contributed by atoms with Crippen LogP contribution in [-0.4, -0.2) is 23.9 Å².